The van der Waals surface area contributed by atoms with Gasteiger partial charge in [-0.1, -0.05) is 0 Å². The first kappa shape index (κ1) is 15.7. The van der Waals surface area contributed by atoms with Gasteiger partial charge in [-0.05, 0) is 50.1 Å². The lowest BCUT2D eigenvalue weighted by atomic mass is 10.00. The van der Waals surface area contributed by atoms with Crippen molar-refractivity contribution >= 4 is 5.91 Å². The highest BCUT2D eigenvalue weighted by atomic mass is 19.1. The van der Waals surface area contributed by atoms with Crippen LogP contribution in [0.15, 0.2) is 24.3 Å². The van der Waals surface area contributed by atoms with E-state index in [0.717, 1.165) is 11.4 Å². The predicted octanol–water partition coefficient (Wildman–Crippen LogP) is 1.84. The Morgan fingerprint density at radius 1 is 1.35 bits per heavy atom. The van der Waals surface area contributed by atoms with E-state index in [0.29, 0.717) is 24.1 Å². The average Bonchev–Trinajstić information content (AvgIpc) is 3.04. The monoisotopic (exact) mass is 317 g/mol. The minimum atomic E-state index is -0.592. The molecular formula is C17H20FN3O2. The van der Waals surface area contributed by atoms with E-state index < -0.39 is 11.9 Å². The van der Waals surface area contributed by atoms with Crippen LogP contribution >= 0.6 is 0 Å². The SMILES string of the molecule is Cc1cc(F)cc(C(=O)N2C[C@@H](Cc3cc(C)[nH]n3)[C@H](O)C2)c1. The molecule has 1 saturated heterocycles. The molecule has 3 rings (SSSR count). The van der Waals surface area contributed by atoms with Gasteiger partial charge in [0.1, 0.15) is 5.82 Å². The smallest absolute Gasteiger partial charge is 0.254 e. The Bertz CT molecular complexity index is 708. The first-order valence-corrected chi connectivity index (χ1v) is 7.68. The summed E-state index contributed by atoms with van der Waals surface area (Å²) in [5.41, 5.74) is 2.88. The molecule has 0 unspecified atom stereocenters. The number of H-pyrrole nitrogens is 1. The van der Waals surface area contributed by atoms with Gasteiger partial charge in [0.05, 0.1) is 11.8 Å². The topological polar surface area (TPSA) is 69.2 Å². The van der Waals surface area contributed by atoms with Crippen LogP contribution in [0, 0.1) is 25.6 Å². The molecule has 0 saturated carbocycles. The number of nitrogens with zero attached hydrogens (tertiary/aromatic N) is 2. The van der Waals surface area contributed by atoms with Gasteiger partial charge in [-0.3, -0.25) is 9.89 Å². The number of β-amino-alcohol motifs (C(OH)–C–C–N with tert-alkyl or cyclic N) is 1. The van der Waals surface area contributed by atoms with Crippen molar-refractivity contribution in [1.82, 2.24) is 15.1 Å². The molecule has 5 nitrogen and oxygen atoms in total. The summed E-state index contributed by atoms with van der Waals surface area (Å²) in [5, 5.41) is 17.3. The van der Waals surface area contributed by atoms with Gasteiger partial charge in [0.25, 0.3) is 5.91 Å². The fourth-order valence-electron chi connectivity index (χ4n) is 3.11. The van der Waals surface area contributed by atoms with E-state index in [1.54, 1.807) is 17.9 Å². The number of hydrogen-bond acceptors (Lipinski definition) is 3. The van der Waals surface area contributed by atoms with Gasteiger partial charge >= 0.3 is 0 Å². The zero-order valence-electron chi connectivity index (χ0n) is 13.2. The van der Waals surface area contributed by atoms with E-state index in [2.05, 4.69) is 10.2 Å². The van der Waals surface area contributed by atoms with Crippen LogP contribution in [-0.4, -0.2) is 45.3 Å². The number of aliphatic hydroxyl groups excluding tert-OH is 1. The predicted molar refractivity (Wildman–Crippen MR) is 83.6 cm³/mol. The Labute approximate surface area is 134 Å². The normalized spacial score (nSPS) is 21.0. The molecule has 2 atom stereocenters. The Morgan fingerprint density at radius 3 is 2.78 bits per heavy atom. The number of rotatable bonds is 3. The average molecular weight is 317 g/mol. The second kappa shape index (κ2) is 6.12. The van der Waals surface area contributed by atoms with Crippen LogP contribution in [0.2, 0.25) is 0 Å². The quantitative estimate of drug-likeness (QED) is 0.907. The van der Waals surface area contributed by atoms with Crippen LogP contribution in [0.1, 0.15) is 27.3 Å². The molecule has 0 bridgehead atoms. The standard InChI is InChI=1S/C17H20FN3O2/c1-10-3-12(6-14(18)4-10)17(23)21-8-13(16(22)9-21)7-15-5-11(2)19-20-15/h3-6,13,16,22H,7-9H2,1-2H3,(H,19,20)/t13-,16-/m1/s1. The lowest BCUT2D eigenvalue weighted by molar-refractivity contribution is 0.0764. The number of nitrogens with one attached hydrogen (secondary N) is 1. The summed E-state index contributed by atoms with van der Waals surface area (Å²) in [7, 11) is 0. The van der Waals surface area contributed by atoms with Crippen LogP contribution in [0.25, 0.3) is 0 Å². The highest BCUT2D eigenvalue weighted by Gasteiger charge is 2.34. The molecule has 23 heavy (non-hydrogen) atoms. The van der Waals surface area contributed by atoms with E-state index in [-0.39, 0.29) is 18.4 Å². The summed E-state index contributed by atoms with van der Waals surface area (Å²) in [6, 6.07) is 6.24. The summed E-state index contributed by atoms with van der Waals surface area (Å²) in [5.74, 6) is -0.722. The molecule has 0 radical (unpaired) electrons. The van der Waals surface area contributed by atoms with Crippen molar-refractivity contribution in [2.75, 3.05) is 13.1 Å². The van der Waals surface area contributed by atoms with Crippen molar-refractivity contribution in [3.05, 3.63) is 52.6 Å². The van der Waals surface area contributed by atoms with Crippen molar-refractivity contribution in [3.63, 3.8) is 0 Å². The number of halogens is 1. The van der Waals surface area contributed by atoms with Crippen molar-refractivity contribution in [2.24, 2.45) is 5.92 Å². The maximum absolute atomic E-state index is 13.5. The highest BCUT2D eigenvalue weighted by molar-refractivity contribution is 5.94. The zero-order chi connectivity index (χ0) is 16.6. The zero-order valence-corrected chi connectivity index (χ0v) is 13.2. The fraction of sp³-hybridized carbons (Fsp3) is 0.412. The lowest BCUT2D eigenvalue weighted by Gasteiger charge is -2.16. The van der Waals surface area contributed by atoms with Crippen molar-refractivity contribution in [3.8, 4) is 0 Å². The van der Waals surface area contributed by atoms with E-state index >= 15 is 0 Å². The summed E-state index contributed by atoms with van der Waals surface area (Å²) in [6.45, 7) is 4.38. The van der Waals surface area contributed by atoms with Crippen molar-refractivity contribution < 1.29 is 14.3 Å². The Balaban J connectivity index is 1.71. The third kappa shape index (κ3) is 3.42. The van der Waals surface area contributed by atoms with Gasteiger partial charge in [0.2, 0.25) is 0 Å². The lowest BCUT2D eigenvalue weighted by Crippen LogP contribution is -2.29. The number of amides is 1. The first-order chi connectivity index (χ1) is 10.9. The summed E-state index contributed by atoms with van der Waals surface area (Å²) < 4.78 is 13.5. The second-order valence-corrected chi connectivity index (χ2v) is 6.30. The molecule has 1 aromatic heterocycles. The minimum Gasteiger partial charge on any atom is -0.391 e. The van der Waals surface area contributed by atoms with E-state index in [1.165, 1.54) is 12.1 Å². The Hall–Kier alpha value is -2.21. The van der Waals surface area contributed by atoms with Crippen LogP contribution in [-0.2, 0) is 6.42 Å². The molecule has 6 heteroatoms. The molecule has 1 fully saturated rings. The number of carbonyl (C=O) groups excluding carboxylic acids is 1. The van der Waals surface area contributed by atoms with Gasteiger partial charge in [0.15, 0.2) is 0 Å². The fourth-order valence-corrected chi connectivity index (χ4v) is 3.11. The molecule has 2 N–H and O–H groups in total. The second-order valence-electron chi connectivity index (χ2n) is 6.30. The van der Waals surface area contributed by atoms with Gasteiger partial charge in [0, 0.05) is 30.3 Å². The Kier molecular flexibility index (Phi) is 4.17. The molecule has 122 valence electrons. The van der Waals surface area contributed by atoms with Gasteiger partial charge in [-0.2, -0.15) is 5.10 Å². The number of aliphatic hydroxyl groups is 1. The van der Waals surface area contributed by atoms with Crippen molar-refractivity contribution in [1.29, 1.82) is 0 Å². The molecule has 0 aliphatic carbocycles. The van der Waals surface area contributed by atoms with Crippen molar-refractivity contribution in [2.45, 2.75) is 26.4 Å². The molecule has 1 aliphatic rings. The van der Waals surface area contributed by atoms with Gasteiger partial charge in [-0.15, -0.1) is 0 Å². The molecule has 1 aromatic carbocycles. The largest absolute Gasteiger partial charge is 0.391 e. The molecule has 2 aromatic rings. The third-order valence-corrected chi connectivity index (χ3v) is 4.21. The number of benzene rings is 1. The maximum Gasteiger partial charge on any atom is 0.254 e. The molecule has 0 spiro atoms. The van der Waals surface area contributed by atoms with E-state index in [4.69, 9.17) is 0 Å². The van der Waals surface area contributed by atoms with E-state index in [9.17, 15) is 14.3 Å². The van der Waals surface area contributed by atoms with Gasteiger partial charge in [-0.25, -0.2) is 4.39 Å². The van der Waals surface area contributed by atoms with Crippen LogP contribution in [0.3, 0.4) is 0 Å². The molecular weight excluding hydrogens is 297 g/mol. The number of aromatic amines is 1. The molecule has 1 aliphatic heterocycles. The first-order valence-electron chi connectivity index (χ1n) is 7.68. The number of aromatic nitrogens is 2. The summed E-state index contributed by atoms with van der Waals surface area (Å²) >= 11 is 0. The van der Waals surface area contributed by atoms with Crippen LogP contribution in [0.5, 0.6) is 0 Å². The highest BCUT2D eigenvalue weighted by Crippen LogP contribution is 2.23. The van der Waals surface area contributed by atoms with Crippen LogP contribution < -0.4 is 0 Å². The summed E-state index contributed by atoms with van der Waals surface area (Å²) in [6.07, 6.45) is 0.0166. The number of hydrogen-bond donors (Lipinski definition) is 2. The number of carbonyl (C=O) groups is 1. The molecule has 2 heterocycles. The maximum atomic E-state index is 13.5. The Morgan fingerprint density at radius 2 is 2.13 bits per heavy atom. The number of likely N-dealkylation sites (tertiary alicyclic amines) is 1. The summed E-state index contributed by atoms with van der Waals surface area (Å²) in [4.78, 5) is 14.1. The third-order valence-electron chi connectivity index (χ3n) is 4.21. The van der Waals surface area contributed by atoms with E-state index in [1.807, 2.05) is 13.0 Å². The number of aryl methyl sites for hydroxylation is 2. The molecule has 1 amide bonds. The van der Waals surface area contributed by atoms with Gasteiger partial charge < -0.3 is 10.0 Å². The van der Waals surface area contributed by atoms with Crippen LogP contribution in [0.4, 0.5) is 4.39 Å². The minimum absolute atomic E-state index is 0.0590.